The first kappa shape index (κ1) is 17.5. The van der Waals surface area contributed by atoms with Crippen LogP contribution in [-0.2, 0) is 4.79 Å². The Balaban J connectivity index is 1.90. The fraction of sp³-hybridized carbons (Fsp3) is 0.286. The smallest absolute Gasteiger partial charge is 0.226 e. The molecule has 2 rings (SSSR count). The number of thioether (sulfide) groups is 1. The second-order valence-corrected chi connectivity index (χ2v) is 6.71. The minimum Gasteiger partial charge on any atom is -0.301 e. The van der Waals surface area contributed by atoms with Gasteiger partial charge in [0, 0.05) is 12.0 Å². The number of carbonyl (C=O) groups excluding carboxylic acids is 2. The van der Waals surface area contributed by atoms with Crippen molar-refractivity contribution >= 4 is 39.9 Å². The van der Waals surface area contributed by atoms with Crippen molar-refractivity contribution in [1.82, 2.24) is 10.2 Å². The summed E-state index contributed by atoms with van der Waals surface area (Å²) in [6.45, 7) is 1.89. The number of benzene rings is 1. The molecule has 0 saturated heterocycles. The molecular formula is C14H13F2N3O2S2. The number of aromatic nitrogens is 2. The van der Waals surface area contributed by atoms with Crippen LogP contribution in [0.2, 0.25) is 0 Å². The van der Waals surface area contributed by atoms with Gasteiger partial charge in [-0.1, -0.05) is 30.0 Å². The minimum absolute atomic E-state index is 0.0165. The second kappa shape index (κ2) is 8.11. The molecule has 9 heteroatoms. The number of nitrogens with one attached hydrogen (secondary N) is 1. The zero-order valence-corrected chi connectivity index (χ0v) is 13.8. The number of hydrogen-bond donors (Lipinski definition) is 1. The van der Waals surface area contributed by atoms with Crippen molar-refractivity contribution in [2.45, 2.75) is 24.1 Å². The number of Topliss-reactive ketones (excluding diaryl/α,β-unsaturated/α-hetero) is 1. The number of nitrogens with zero attached hydrogens (tertiary/aromatic N) is 2. The fourth-order valence-electron chi connectivity index (χ4n) is 1.61. The van der Waals surface area contributed by atoms with Crippen LogP contribution in [0.3, 0.4) is 0 Å². The first-order chi connectivity index (χ1) is 11.0. The molecule has 0 saturated carbocycles. The van der Waals surface area contributed by atoms with E-state index < -0.39 is 11.6 Å². The van der Waals surface area contributed by atoms with E-state index in [2.05, 4.69) is 15.5 Å². The van der Waals surface area contributed by atoms with Gasteiger partial charge in [0.15, 0.2) is 21.8 Å². The highest BCUT2D eigenvalue weighted by atomic mass is 32.2. The quantitative estimate of drug-likeness (QED) is 0.466. The molecule has 5 nitrogen and oxygen atoms in total. The van der Waals surface area contributed by atoms with E-state index >= 15 is 0 Å². The van der Waals surface area contributed by atoms with E-state index in [1.807, 2.05) is 6.92 Å². The number of amides is 1. The first-order valence-electron chi connectivity index (χ1n) is 6.74. The van der Waals surface area contributed by atoms with E-state index in [-0.39, 0.29) is 23.0 Å². The molecule has 0 unspecified atom stereocenters. The predicted octanol–water partition coefficient (Wildman–Crippen LogP) is 3.53. The Morgan fingerprint density at radius 2 is 2.04 bits per heavy atom. The van der Waals surface area contributed by atoms with Crippen LogP contribution < -0.4 is 5.32 Å². The van der Waals surface area contributed by atoms with Gasteiger partial charge in [0.25, 0.3) is 0 Å². The van der Waals surface area contributed by atoms with Gasteiger partial charge in [-0.3, -0.25) is 9.59 Å². The van der Waals surface area contributed by atoms with Gasteiger partial charge in [0.2, 0.25) is 11.0 Å². The maximum atomic E-state index is 13.1. The summed E-state index contributed by atoms with van der Waals surface area (Å²) in [5.74, 6) is -2.52. The lowest BCUT2D eigenvalue weighted by Gasteiger charge is -2.00. The molecule has 0 aliphatic rings. The van der Waals surface area contributed by atoms with Crippen LogP contribution in [0, 0.1) is 11.6 Å². The number of halogens is 2. The van der Waals surface area contributed by atoms with E-state index in [1.165, 1.54) is 6.07 Å². The lowest BCUT2D eigenvalue weighted by Crippen LogP contribution is -2.10. The van der Waals surface area contributed by atoms with Crippen LogP contribution in [0.5, 0.6) is 0 Å². The molecule has 1 aromatic heterocycles. The fourth-order valence-corrected chi connectivity index (χ4v) is 3.27. The Bertz CT molecular complexity index is 722. The molecule has 0 atom stereocenters. The Hall–Kier alpha value is -1.87. The summed E-state index contributed by atoms with van der Waals surface area (Å²) in [5, 5.41) is 10.6. The maximum Gasteiger partial charge on any atom is 0.226 e. The monoisotopic (exact) mass is 357 g/mol. The Morgan fingerprint density at radius 3 is 2.74 bits per heavy atom. The lowest BCUT2D eigenvalue weighted by atomic mass is 10.1. The molecule has 0 fully saturated rings. The van der Waals surface area contributed by atoms with Crippen molar-refractivity contribution in [1.29, 1.82) is 0 Å². The van der Waals surface area contributed by atoms with E-state index in [1.54, 1.807) is 0 Å². The van der Waals surface area contributed by atoms with Gasteiger partial charge >= 0.3 is 0 Å². The highest BCUT2D eigenvalue weighted by Gasteiger charge is 2.13. The van der Waals surface area contributed by atoms with Crippen LogP contribution in [-0.4, -0.2) is 27.6 Å². The summed E-state index contributed by atoms with van der Waals surface area (Å²) in [6, 6.07) is 3.02. The number of hydrogen-bond acceptors (Lipinski definition) is 6. The van der Waals surface area contributed by atoms with Crippen LogP contribution in [0.4, 0.5) is 13.9 Å². The molecule has 1 amide bonds. The van der Waals surface area contributed by atoms with Crippen LogP contribution in [0.15, 0.2) is 22.5 Å². The minimum atomic E-state index is -1.06. The summed E-state index contributed by atoms with van der Waals surface area (Å²) in [4.78, 5) is 23.4. The number of ketones is 1. The second-order valence-electron chi connectivity index (χ2n) is 4.51. The summed E-state index contributed by atoms with van der Waals surface area (Å²) in [6.07, 6.45) is 1.13. The maximum absolute atomic E-state index is 13.1. The van der Waals surface area contributed by atoms with Crippen molar-refractivity contribution < 1.29 is 18.4 Å². The van der Waals surface area contributed by atoms with Gasteiger partial charge < -0.3 is 5.32 Å². The van der Waals surface area contributed by atoms with E-state index in [4.69, 9.17) is 0 Å². The van der Waals surface area contributed by atoms with Crippen molar-refractivity contribution in [3.8, 4) is 0 Å². The van der Waals surface area contributed by atoms with E-state index in [0.717, 1.165) is 41.7 Å². The molecule has 0 aliphatic carbocycles. The highest BCUT2D eigenvalue weighted by molar-refractivity contribution is 8.01. The molecule has 0 radical (unpaired) electrons. The highest BCUT2D eigenvalue weighted by Crippen LogP contribution is 2.26. The van der Waals surface area contributed by atoms with Crippen LogP contribution >= 0.6 is 23.1 Å². The Kier molecular flexibility index (Phi) is 6.17. The molecular weight excluding hydrogens is 344 g/mol. The van der Waals surface area contributed by atoms with Gasteiger partial charge in [-0.05, 0) is 24.6 Å². The zero-order chi connectivity index (χ0) is 16.8. The van der Waals surface area contributed by atoms with Crippen molar-refractivity contribution in [2.75, 3.05) is 11.1 Å². The van der Waals surface area contributed by atoms with Gasteiger partial charge in [-0.25, -0.2) is 8.78 Å². The van der Waals surface area contributed by atoms with Crippen LogP contribution in [0.1, 0.15) is 30.1 Å². The molecule has 23 heavy (non-hydrogen) atoms. The summed E-state index contributed by atoms with van der Waals surface area (Å²) in [7, 11) is 0. The van der Waals surface area contributed by atoms with Crippen molar-refractivity contribution in [3.05, 3.63) is 35.4 Å². The normalized spacial score (nSPS) is 10.6. The molecule has 1 aromatic carbocycles. The van der Waals surface area contributed by atoms with E-state index in [0.29, 0.717) is 15.9 Å². The molecule has 2 aromatic rings. The third-order valence-corrected chi connectivity index (χ3v) is 4.67. The Morgan fingerprint density at radius 1 is 1.26 bits per heavy atom. The summed E-state index contributed by atoms with van der Waals surface area (Å²) >= 11 is 2.27. The summed E-state index contributed by atoms with van der Waals surface area (Å²) < 4.78 is 26.4. The number of anilines is 1. The van der Waals surface area contributed by atoms with E-state index in [9.17, 15) is 18.4 Å². The topological polar surface area (TPSA) is 72.0 Å². The molecule has 122 valence electrons. The number of carbonyl (C=O) groups is 2. The van der Waals surface area contributed by atoms with Gasteiger partial charge in [0.1, 0.15) is 0 Å². The molecule has 1 heterocycles. The van der Waals surface area contributed by atoms with Gasteiger partial charge in [-0.15, -0.1) is 10.2 Å². The van der Waals surface area contributed by atoms with Gasteiger partial charge in [-0.2, -0.15) is 0 Å². The van der Waals surface area contributed by atoms with Crippen molar-refractivity contribution in [3.63, 3.8) is 0 Å². The number of rotatable bonds is 7. The first-order valence-corrected chi connectivity index (χ1v) is 8.54. The zero-order valence-electron chi connectivity index (χ0n) is 12.1. The third-order valence-electron chi connectivity index (χ3n) is 2.70. The third kappa shape index (κ3) is 5.07. The molecule has 0 aliphatic heterocycles. The molecule has 0 spiro atoms. The van der Waals surface area contributed by atoms with Crippen molar-refractivity contribution in [2.24, 2.45) is 0 Å². The average Bonchev–Trinajstić information content (AvgIpc) is 2.95. The predicted molar refractivity (Wildman–Crippen MR) is 84.9 cm³/mol. The summed E-state index contributed by atoms with van der Waals surface area (Å²) in [5.41, 5.74) is 0.0948. The van der Waals surface area contributed by atoms with Crippen LogP contribution in [0.25, 0.3) is 0 Å². The standard InChI is InChI=1S/C14H13F2N3O2S2/c1-2-3-12(21)17-13-18-19-14(23-13)22-7-11(20)8-4-5-9(15)10(16)6-8/h4-6H,2-3,7H2,1H3,(H,17,18,21). The SMILES string of the molecule is CCCC(=O)Nc1nnc(SCC(=O)c2ccc(F)c(F)c2)s1. The Labute approximate surface area is 139 Å². The van der Waals surface area contributed by atoms with Gasteiger partial charge in [0.05, 0.1) is 5.75 Å². The molecule has 0 bridgehead atoms. The average molecular weight is 357 g/mol. The molecule has 1 N–H and O–H groups in total. The largest absolute Gasteiger partial charge is 0.301 e. The lowest BCUT2D eigenvalue weighted by molar-refractivity contribution is -0.116.